The van der Waals surface area contributed by atoms with Gasteiger partial charge in [0.2, 0.25) is 11.8 Å². The maximum absolute atomic E-state index is 13.4. The van der Waals surface area contributed by atoms with Gasteiger partial charge < -0.3 is 34.7 Å². The first-order valence-electron chi connectivity index (χ1n) is 13.7. The van der Waals surface area contributed by atoms with Crippen LogP contribution in [0.15, 0.2) is 23.8 Å². The molecule has 4 unspecified atom stereocenters. The van der Waals surface area contributed by atoms with Gasteiger partial charge in [0.15, 0.2) is 11.5 Å². The van der Waals surface area contributed by atoms with E-state index >= 15 is 0 Å². The molecular formula is C29H40N2O8. The van der Waals surface area contributed by atoms with Gasteiger partial charge in [0.05, 0.1) is 25.7 Å². The number of Topliss-reactive ketones (excluding diaryl/α,β-unsaturated/α-hetero) is 1. The number of rotatable bonds is 15. The lowest BCUT2D eigenvalue weighted by atomic mass is 9.77. The second-order valence-electron chi connectivity index (χ2n) is 10.1. The van der Waals surface area contributed by atoms with Crippen LogP contribution in [0.25, 0.3) is 0 Å². The Morgan fingerprint density at radius 1 is 1.15 bits per heavy atom. The molecule has 3 N–H and O–H groups in total. The van der Waals surface area contributed by atoms with Gasteiger partial charge in [0.25, 0.3) is 0 Å². The number of carbonyl (C=O) groups is 4. The number of unbranched alkanes of at least 4 members (excludes halogenated alkanes) is 3. The molecular weight excluding hydrogens is 504 g/mol. The number of methoxy groups -OCH3 is 1. The third-order valence-corrected chi connectivity index (χ3v) is 7.26. The van der Waals surface area contributed by atoms with Gasteiger partial charge in [-0.2, -0.15) is 0 Å². The second-order valence-corrected chi connectivity index (χ2v) is 10.1. The number of ether oxygens (including phenoxy) is 2. The quantitative estimate of drug-likeness (QED) is 0.226. The fraction of sp³-hybridized carbons (Fsp3) is 0.586. The van der Waals surface area contributed by atoms with Crippen molar-refractivity contribution in [3.63, 3.8) is 0 Å². The van der Waals surface area contributed by atoms with E-state index in [4.69, 9.17) is 9.47 Å². The summed E-state index contributed by atoms with van der Waals surface area (Å²) < 4.78 is 11.6. The van der Waals surface area contributed by atoms with Crippen LogP contribution in [-0.2, 0) is 14.4 Å². The first kappa shape index (κ1) is 30.3. The van der Waals surface area contributed by atoms with Crippen LogP contribution in [0.1, 0.15) is 80.6 Å². The maximum atomic E-state index is 13.4. The van der Waals surface area contributed by atoms with E-state index in [0.29, 0.717) is 41.9 Å². The first-order chi connectivity index (χ1) is 18.8. The molecule has 2 aliphatic rings. The van der Waals surface area contributed by atoms with Gasteiger partial charge in [-0.3, -0.25) is 14.4 Å². The van der Waals surface area contributed by atoms with Crippen LogP contribution in [0, 0.1) is 0 Å². The molecule has 1 aromatic carbocycles. The Kier molecular flexibility index (Phi) is 11.1. The summed E-state index contributed by atoms with van der Waals surface area (Å²) in [5.41, 5.74) is 1.15. The number of carbonyl (C=O) groups excluding carboxylic acids is 4. The summed E-state index contributed by atoms with van der Waals surface area (Å²) in [6, 6.07) is 2.30. The molecule has 1 aromatic rings. The molecule has 1 aliphatic carbocycles. The summed E-state index contributed by atoms with van der Waals surface area (Å²) in [6.45, 7) is 3.72. The van der Waals surface area contributed by atoms with Crippen molar-refractivity contribution in [1.82, 2.24) is 10.2 Å². The highest BCUT2D eigenvalue weighted by Crippen LogP contribution is 2.51. The summed E-state index contributed by atoms with van der Waals surface area (Å²) in [7, 11) is 1.44. The average Bonchev–Trinajstić information content (AvgIpc) is 3.31. The number of hydrogen-bond acceptors (Lipinski definition) is 8. The second kappa shape index (κ2) is 14.2. The maximum Gasteiger partial charge on any atom is 0.247 e. The number of benzene rings is 1. The molecule has 1 aliphatic heterocycles. The van der Waals surface area contributed by atoms with Crippen molar-refractivity contribution in [1.29, 1.82) is 0 Å². The van der Waals surface area contributed by atoms with Crippen LogP contribution in [0.3, 0.4) is 0 Å². The van der Waals surface area contributed by atoms with E-state index in [1.54, 1.807) is 17.0 Å². The van der Waals surface area contributed by atoms with E-state index in [2.05, 4.69) is 12.2 Å². The Hall–Kier alpha value is -3.24. The van der Waals surface area contributed by atoms with Crippen molar-refractivity contribution < 1.29 is 38.9 Å². The number of aliphatic hydroxyl groups excluding tert-OH is 2. The number of aliphatic hydroxyl groups is 2. The summed E-state index contributed by atoms with van der Waals surface area (Å²) in [5, 5.41) is 23.6. The third kappa shape index (κ3) is 7.05. The highest BCUT2D eigenvalue weighted by Gasteiger charge is 2.51. The molecule has 0 bridgehead atoms. The van der Waals surface area contributed by atoms with Crippen LogP contribution >= 0.6 is 0 Å². The highest BCUT2D eigenvalue weighted by molar-refractivity contribution is 5.96. The summed E-state index contributed by atoms with van der Waals surface area (Å²) >= 11 is 0. The van der Waals surface area contributed by atoms with E-state index in [9.17, 15) is 29.4 Å². The summed E-state index contributed by atoms with van der Waals surface area (Å²) in [4.78, 5) is 51.4. The Bertz CT molecular complexity index is 1090. The topological polar surface area (TPSA) is 142 Å². The van der Waals surface area contributed by atoms with E-state index < -0.39 is 30.1 Å². The van der Waals surface area contributed by atoms with Crippen molar-refractivity contribution in [3.05, 3.63) is 34.9 Å². The summed E-state index contributed by atoms with van der Waals surface area (Å²) in [5.74, 6) is -0.744. The largest absolute Gasteiger partial charge is 0.493 e. The van der Waals surface area contributed by atoms with Gasteiger partial charge in [-0.1, -0.05) is 26.2 Å². The number of hydrogen-bond donors (Lipinski definition) is 3. The van der Waals surface area contributed by atoms with Gasteiger partial charge in [-0.15, -0.1) is 0 Å². The Balaban J connectivity index is 2.03. The molecule has 0 spiro atoms. The average molecular weight is 545 g/mol. The van der Waals surface area contributed by atoms with Crippen molar-refractivity contribution in [3.8, 4) is 11.5 Å². The van der Waals surface area contributed by atoms with E-state index in [0.717, 1.165) is 25.7 Å². The zero-order chi connectivity index (χ0) is 28.5. The number of aldehydes is 1. The molecule has 0 saturated carbocycles. The fourth-order valence-electron chi connectivity index (χ4n) is 5.34. The van der Waals surface area contributed by atoms with Crippen LogP contribution < -0.4 is 14.8 Å². The number of nitrogens with one attached hydrogen (secondary N) is 1. The molecule has 0 radical (unpaired) electrons. The van der Waals surface area contributed by atoms with Gasteiger partial charge in [0.1, 0.15) is 24.3 Å². The molecule has 1 heterocycles. The van der Waals surface area contributed by atoms with E-state index in [1.807, 2.05) is 0 Å². The Morgan fingerprint density at radius 2 is 1.92 bits per heavy atom. The lowest BCUT2D eigenvalue weighted by Gasteiger charge is -2.41. The molecule has 0 fully saturated rings. The van der Waals surface area contributed by atoms with Crippen LogP contribution in [0.4, 0.5) is 0 Å². The molecule has 39 heavy (non-hydrogen) atoms. The summed E-state index contributed by atoms with van der Waals surface area (Å²) in [6.07, 6.45) is 4.68. The zero-order valence-corrected chi connectivity index (χ0v) is 23.0. The van der Waals surface area contributed by atoms with Crippen molar-refractivity contribution >= 4 is 23.9 Å². The minimum atomic E-state index is -1.18. The predicted octanol–water partition coefficient (Wildman–Crippen LogP) is 2.30. The van der Waals surface area contributed by atoms with Crippen molar-refractivity contribution in [2.24, 2.45) is 0 Å². The van der Waals surface area contributed by atoms with Crippen molar-refractivity contribution in [2.45, 2.75) is 83.0 Å². The predicted molar refractivity (Wildman–Crippen MR) is 144 cm³/mol. The number of fused-ring (bicyclic) bond motifs is 3. The fourth-order valence-corrected chi connectivity index (χ4v) is 5.34. The molecule has 10 heteroatoms. The lowest BCUT2D eigenvalue weighted by molar-refractivity contribution is -0.137. The van der Waals surface area contributed by atoms with Gasteiger partial charge in [-0.05, 0) is 38.0 Å². The molecule has 214 valence electrons. The SMILES string of the molecule is CCCCCCN(C(=O)CCCC(C)=O)C1C=C(C(=O)NCCO)C2c3cc(C=O)cc(OC)c3OC2C1O. The van der Waals surface area contributed by atoms with E-state index in [-0.39, 0.29) is 43.3 Å². The van der Waals surface area contributed by atoms with Gasteiger partial charge >= 0.3 is 0 Å². The number of ketones is 1. The normalized spacial score (nSPS) is 21.2. The Labute approximate surface area is 229 Å². The Morgan fingerprint density at radius 3 is 2.56 bits per heavy atom. The molecule has 0 saturated heterocycles. The number of amides is 2. The van der Waals surface area contributed by atoms with Crippen LogP contribution in [0.5, 0.6) is 11.5 Å². The minimum Gasteiger partial charge on any atom is -0.493 e. The first-order valence-corrected chi connectivity index (χ1v) is 13.7. The molecule has 0 aromatic heterocycles. The monoisotopic (exact) mass is 544 g/mol. The lowest BCUT2D eigenvalue weighted by Crippen LogP contribution is -2.56. The van der Waals surface area contributed by atoms with Crippen LogP contribution in [0.2, 0.25) is 0 Å². The smallest absolute Gasteiger partial charge is 0.247 e. The van der Waals surface area contributed by atoms with Crippen LogP contribution in [-0.4, -0.2) is 84.1 Å². The van der Waals surface area contributed by atoms with Crippen molar-refractivity contribution in [2.75, 3.05) is 26.8 Å². The van der Waals surface area contributed by atoms with E-state index in [1.165, 1.54) is 20.1 Å². The van der Waals surface area contributed by atoms with Gasteiger partial charge in [-0.25, -0.2) is 0 Å². The molecule has 10 nitrogen and oxygen atoms in total. The number of nitrogens with zero attached hydrogens (tertiary/aromatic N) is 1. The minimum absolute atomic E-state index is 0.00124. The standard InChI is InChI=1S/C29H40N2O8/c1-4-5-6-7-12-31(24(35)10-8-9-18(2)34)22-16-21(29(37)30-11-13-32)25-20-14-19(17-33)15-23(38-3)27(20)39-28(25)26(22)36/h14-17,22,25-26,28,32,36H,4-13H2,1-3H3,(H,30,37). The third-order valence-electron chi connectivity index (χ3n) is 7.26. The molecule has 2 amide bonds. The highest BCUT2D eigenvalue weighted by atomic mass is 16.5. The molecule has 3 rings (SSSR count). The van der Waals surface area contributed by atoms with Gasteiger partial charge in [0, 0.05) is 42.6 Å². The molecule has 4 atom stereocenters. The zero-order valence-electron chi connectivity index (χ0n) is 23.0.